The van der Waals surface area contributed by atoms with Crippen molar-refractivity contribution in [3.8, 4) is 11.5 Å². The Morgan fingerprint density at radius 2 is 1.42 bits per heavy atom. The van der Waals surface area contributed by atoms with E-state index in [0.717, 1.165) is 0 Å². The number of nitrogens with two attached hydrogens (primary N) is 1. The van der Waals surface area contributed by atoms with E-state index >= 15 is 0 Å². The molecule has 1 rings (SSSR count). The van der Waals surface area contributed by atoms with Crippen molar-refractivity contribution in [2.75, 3.05) is 13.2 Å². The van der Waals surface area contributed by atoms with Crippen molar-refractivity contribution >= 4 is 24.1 Å². The zero-order chi connectivity index (χ0) is 29.3. The van der Waals surface area contributed by atoms with Crippen molar-refractivity contribution in [2.45, 2.75) is 86.6 Å². The SMILES string of the molecule is CCCOC(=O)OCC(C)C(c1ccc(OC(=O)C(C)(C)CC)c(OC(=O)C(C)(C)CC)c1)[C@H](N)C(=O)O. The molecule has 10 nitrogen and oxygen atoms in total. The number of carbonyl (C=O) groups is 4. The van der Waals surface area contributed by atoms with Gasteiger partial charge in [-0.05, 0) is 70.6 Å². The van der Waals surface area contributed by atoms with Gasteiger partial charge in [0.15, 0.2) is 11.5 Å². The lowest BCUT2D eigenvalue weighted by molar-refractivity contribution is -0.147. The Morgan fingerprint density at radius 1 is 0.895 bits per heavy atom. The lowest BCUT2D eigenvalue weighted by atomic mass is 9.82. The number of hydrogen-bond donors (Lipinski definition) is 2. The normalized spacial score (nSPS) is 14.1. The highest BCUT2D eigenvalue weighted by Gasteiger charge is 2.35. The van der Waals surface area contributed by atoms with Crippen LogP contribution in [0.15, 0.2) is 18.2 Å². The summed E-state index contributed by atoms with van der Waals surface area (Å²) >= 11 is 0. The average Bonchev–Trinajstić information content (AvgIpc) is 2.87. The second kappa shape index (κ2) is 14.1. The molecule has 1 aromatic carbocycles. The molecule has 0 aliphatic rings. The number of carbonyl (C=O) groups excluding carboxylic acids is 3. The standard InChI is InChI=1S/C28H43NO9/c1-9-14-35-26(34)36-16-17(4)21(22(29)23(30)31)18-12-13-19(37-24(32)27(5,6)10-2)20(15-18)38-25(33)28(7,8)11-3/h12-13,15,17,21-22H,9-11,14,16,29H2,1-8H3,(H,30,31)/t17?,21?,22-/m0/s1. The second-order valence-electron chi connectivity index (χ2n) is 10.7. The summed E-state index contributed by atoms with van der Waals surface area (Å²) in [6, 6.07) is 3.09. The Kier molecular flexibility index (Phi) is 12.2. The Hall–Kier alpha value is -3.14. The van der Waals surface area contributed by atoms with Crippen molar-refractivity contribution in [3.05, 3.63) is 23.8 Å². The fourth-order valence-corrected chi connectivity index (χ4v) is 3.23. The molecule has 38 heavy (non-hydrogen) atoms. The average molecular weight is 538 g/mol. The van der Waals surface area contributed by atoms with Crippen LogP contribution in [0.5, 0.6) is 11.5 Å². The van der Waals surface area contributed by atoms with Crippen LogP contribution in [0.2, 0.25) is 0 Å². The van der Waals surface area contributed by atoms with Gasteiger partial charge in [-0.25, -0.2) is 4.79 Å². The summed E-state index contributed by atoms with van der Waals surface area (Å²) in [5.74, 6) is -3.73. The van der Waals surface area contributed by atoms with Crippen LogP contribution in [0.3, 0.4) is 0 Å². The van der Waals surface area contributed by atoms with Crippen LogP contribution in [0.1, 0.15) is 86.1 Å². The lowest BCUT2D eigenvalue weighted by Crippen LogP contribution is -2.40. The molecule has 0 bridgehead atoms. The summed E-state index contributed by atoms with van der Waals surface area (Å²) in [5.41, 5.74) is 4.85. The predicted molar refractivity (Wildman–Crippen MR) is 141 cm³/mol. The summed E-state index contributed by atoms with van der Waals surface area (Å²) in [6.07, 6.45) is 0.784. The number of hydrogen-bond acceptors (Lipinski definition) is 9. The summed E-state index contributed by atoms with van der Waals surface area (Å²) < 4.78 is 21.4. The maximum atomic E-state index is 12.9. The highest BCUT2D eigenvalue weighted by Crippen LogP contribution is 2.38. The molecule has 2 unspecified atom stereocenters. The number of ether oxygens (including phenoxy) is 4. The molecule has 1 aromatic rings. The molecule has 0 fully saturated rings. The monoisotopic (exact) mass is 537 g/mol. The van der Waals surface area contributed by atoms with Crippen LogP contribution in [-0.2, 0) is 23.9 Å². The Labute approximate surface area is 225 Å². The molecule has 0 saturated heterocycles. The molecule has 10 heteroatoms. The quantitative estimate of drug-likeness (QED) is 0.243. The van der Waals surface area contributed by atoms with Gasteiger partial charge in [-0.2, -0.15) is 0 Å². The summed E-state index contributed by atoms with van der Waals surface area (Å²) in [4.78, 5) is 49.4. The molecule has 0 amide bonds. The number of aliphatic carboxylic acids is 1. The number of rotatable bonds is 14. The van der Waals surface area contributed by atoms with Crippen molar-refractivity contribution < 1.29 is 43.2 Å². The molecule has 0 aliphatic heterocycles. The Balaban J connectivity index is 3.48. The maximum Gasteiger partial charge on any atom is 0.508 e. The zero-order valence-corrected chi connectivity index (χ0v) is 23.8. The Bertz CT molecular complexity index is 987. The minimum Gasteiger partial charge on any atom is -0.480 e. The first kappa shape index (κ1) is 32.9. The molecule has 3 atom stereocenters. The Morgan fingerprint density at radius 3 is 1.89 bits per heavy atom. The van der Waals surface area contributed by atoms with Crippen LogP contribution in [0.4, 0.5) is 4.79 Å². The van der Waals surface area contributed by atoms with E-state index in [1.807, 2.05) is 20.8 Å². The predicted octanol–water partition coefficient (Wildman–Crippen LogP) is 5.06. The van der Waals surface area contributed by atoms with E-state index in [1.165, 1.54) is 12.1 Å². The van der Waals surface area contributed by atoms with Gasteiger partial charge >= 0.3 is 24.1 Å². The molecule has 3 N–H and O–H groups in total. The fraction of sp³-hybridized carbons (Fsp3) is 0.643. The number of carboxylic acid groups (broad SMARTS) is 1. The van der Waals surface area contributed by atoms with Crippen molar-refractivity contribution in [2.24, 2.45) is 22.5 Å². The van der Waals surface area contributed by atoms with Gasteiger partial charge in [0.1, 0.15) is 6.04 Å². The highest BCUT2D eigenvalue weighted by molar-refractivity contribution is 5.81. The molecular weight excluding hydrogens is 494 g/mol. The number of benzene rings is 1. The summed E-state index contributed by atoms with van der Waals surface area (Å²) in [6.45, 7) is 14.2. The van der Waals surface area contributed by atoms with Gasteiger partial charge < -0.3 is 29.8 Å². The van der Waals surface area contributed by atoms with E-state index in [0.29, 0.717) is 24.8 Å². The molecule has 0 spiro atoms. The van der Waals surface area contributed by atoms with Crippen LogP contribution >= 0.6 is 0 Å². The van der Waals surface area contributed by atoms with Crippen molar-refractivity contribution in [1.29, 1.82) is 0 Å². The van der Waals surface area contributed by atoms with Gasteiger partial charge in [0.05, 0.1) is 24.0 Å². The minimum atomic E-state index is -1.37. The topological polar surface area (TPSA) is 151 Å². The lowest BCUT2D eigenvalue weighted by Gasteiger charge is -2.28. The first-order chi connectivity index (χ1) is 17.6. The van der Waals surface area contributed by atoms with E-state index in [9.17, 15) is 24.3 Å². The molecule has 0 aromatic heterocycles. The third-order valence-electron chi connectivity index (χ3n) is 6.80. The number of carboxylic acids is 1. The minimum absolute atomic E-state index is 0.0234. The summed E-state index contributed by atoms with van der Waals surface area (Å²) in [7, 11) is 0. The third-order valence-corrected chi connectivity index (χ3v) is 6.80. The van der Waals surface area contributed by atoms with Gasteiger partial charge in [0, 0.05) is 5.92 Å². The molecule has 0 saturated carbocycles. The van der Waals surface area contributed by atoms with Gasteiger partial charge in [0.25, 0.3) is 0 Å². The first-order valence-electron chi connectivity index (χ1n) is 13.0. The fourth-order valence-electron chi connectivity index (χ4n) is 3.23. The molecule has 0 aliphatic carbocycles. The van der Waals surface area contributed by atoms with E-state index in [-0.39, 0.29) is 24.7 Å². The first-order valence-corrected chi connectivity index (χ1v) is 13.0. The van der Waals surface area contributed by atoms with Crippen LogP contribution in [0, 0.1) is 16.7 Å². The van der Waals surface area contributed by atoms with Crippen molar-refractivity contribution in [3.63, 3.8) is 0 Å². The molecular formula is C28H43NO9. The molecule has 0 radical (unpaired) electrons. The summed E-state index contributed by atoms with van der Waals surface area (Å²) in [5, 5.41) is 9.69. The van der Waals surface area contributed by atoms with E-state index in [2.05, 4.69) is 0 Å². The van der Waals surface area contributed by atoms with Crippen LogP contribution in [-0.4, -0.2) is 48.4 Å². The second-order valence-corrected chi connectivity index (χ2v) is 10.7. The molecule has 214 valence electrons. The third kappa shape index (κ3) is 9.01. The highest BCUT2D eigenvalue weighted by atomic mass is 16.7. The number of esters is 2. The maximum absolute atomic E-state index is 12.9. The van der Waals surface area contributed by atoms with E-state index in [4.69, 9.17) is 24.7 Å². The zero-order valence-electron chi connectivity index (χ0n) is 23.8. The van der Waals surface area contributed by atoms with Gasteiger partial charge in [-0.15, -0.1) is 0 Å². The van der Waals surface area contributed by atoms with Gasteiger partial charge in [-0.3, -0.25) is 14.4 Å². The van der Waals surface area contributed by atoms with Crippen LogP contribution < -0.4 is 15.2 Å². The van der Waals surface area contributed by atoms with Gasteiger partial charge in [-0.1, -0.05) is 33.8 Å². The van der Waals surface area contributed by atoms with Crippen molar-refractivity contribution in [1.82, 2.24) is 0 Å². The van der Waals surface area contributed by atoms with E-state index < -0.39 is 52.8 Å². The van der Waals surface area contributed by atoms with E-state index in [1.54, 1.807) is 40.7 Å². The van der Waals surface area contributed by atoms with Gasteiger partial charge in [0.2, 0.25) is 0 Å². The smallest absolute Gasteiger partial charge is 0.480 e. The largest absolute Gasteiger partial charge is 0.508 e. The van der Waals surface area contributed by atoms with Crippen LogP contribution in [0.25, 0.3) is 0 Å². The molecule has 0 heterocycles.